The molecule has 27 heavy (non-hydrogen) atoms. The van der Waals surface area contributed by atoms with E-state index in [0.717, 1.165) is 12.0 Å². The summed E-state index contributed by atoms with van der Waals surface area (Å²) in [6, 6.07) is 12.9. The van der Waals surface area contributed by atoms with Crippen LogP contribution in [0.3, 0.4) is 0 Å². The molecule has 0 radical (unpaired) electrons. The van der Waals surface area contributed by atoms with Crippen molar-refractivity contribution < 1.29 is 19.4 Å². The van der Waals surface area contributed by atoms with Crippen LogP contribution in [-0.4, -0.2) is 31.9 Å². The third-order valence-electron chi connectivity index (χ3n) is 4.44. The van der Waals surface area contributed by atoms with Gasteiger partial charge in [0.1, 0.15) is 0 Å². The van der Waals surface area contributed by atoms with Crippen molar-refractivity contribution in [2.75, 3.05) is 5.75 Å². The first-order valence-corrected chi connectivity index (χ1v) is 10.6. The molecule has 0 saturated heterocycles. The minimum Gasteiger partial charge on any atom is -0.350 e. The fraction of sp³-hybridized carbons (Fsp3) is 0.333. The number of nitrogens with one attached hydrogen (secondary N) is 1. The second-order valence-electron chi connectivity index (χ2n) is 6.67. The Balaban J connectivity index is 0.00000392. The Kier molecular flexibility index (Phi) is 6.91. The molecule has 0 heterocycles. The highest BCUT2D eigenvalue weighted by Gasteiger charge is 2.17. The molecule has 2 rings (SSSR count). The van der Waals surface area contributed by atoms with Crippen LogP contribution in [0.25, 0.3) is 0 Å². The lowest BCUT2D eigenvalue weighted by Gasteiger charge is -2.11. The number of rotatable bonds is 8. The number of ketones is 1. The van der Waals surface area contributed by atoms with E-state index in [9.17, 15) is 18.0 Å². The van der Waals surface area contributed by atoms with E-state index in [-0.39, 0.29) is 36.2 Å². The van der Waals surface area contributed by atoms with Crippen molar-refractivity contribution in [2.24, 2.45) is 0 Å². The molecule has 0 aliphatic rings. The largest absolute Gasteiger partial charge is 0.350 e. The van der Waals surface area contributed by atoms with E-state index in [2.05, 4.69) is 5.32 Å². The molecule has 0 saturated carbocycles. The molecule has 0 aliphatic carbocycles. The summed E-state index contributed by atoms with van der Waals surface area (Å²) in [6.45, 7) is 5.79. The number of amides is 1. The van der Waals surface area contributed by atoms with Crippen LogP contribution in [0.5, 0.6) is 0 Å². The lowest BCUT2D eigenvalue weighted by molar-refractivity contribution is 0.0936. The number of benzene rings is 2. The fourth-order valence-corrected chi connectivity index (χ4v) is 3.69. The Bertz CT molecular complexity index is 906. The summed E-state index contributed by atoms with van der Waals surface area (Å²) < 4.78 is 24.7. The second kappa shape index (κ2) is 8.95. The van der Waals surface area contributed by atoms with Crippen LogP contribution in [0.15, 0.2) is 53.4 Å². The summed E-state index contributed by atoms with van der Waals surface area (Å²) in [6.07, 6.45) is 0.729. The summed E-state index contributed by atoms with van der Waals surface area (Å²) >= 11 is 0. The van der Waals surface area contributed by atoms with E-state index < -0.39 is 9.84 Å². The predicted octanol–water partition coefficient (Wildman–Crippen LogP) is 3.82. The van der Waals surface area contributed by atoms with Gasteiger partial charge in [-0.2, -0.15) is 0 Å². The highest BCUT2D eigenvalue weighted by Crippen LogP contribution is 2.15. The maximum Gasteiger partial charge on any atom is 0.251 e. The van der Waals surface area contributed by atoms with Crippen molar-refractivity contribution in [3.8, 4) is 0 Å². The lowest BCUT2D eigenvalue weighted by atomic mass is 10.1. The molecule has 146 valence electrons. The van der Waals surface area contributed by atoms with Crippen molar-refractivity contribution in [3.63, 3.8) is 0 Å². The van der Waals surface area contributed by atoms with Crippen LogP contribution in [0.4, 0.5) is 0 Å². The van der Waals surface area contributed by atoms with Crippen molar-refractivity contribution in [1.82, 2.24) is 5.32 Å². The van der Waals surface area contributed by atoms with Crippen LogP contribution in [0, 0.1) is 6.92 Å². The molecule has 2 aromatic rings. The molecule has 5 nitrogen and oxygen atoms in total. The van der Waals surface area contributed by atoms with Gasteiger partial charge >= 0.3 is 0 Å². The summed E-state index contributed by atoms with van der Waals surface area (Å²) in [7, 11) is -3.50. The predicted molar refractivity (Wildman–Crippen MR) is 108 cm³/mol. The molecule has 0 fully saturated rings. The van der Waals surface area contributed by atoms with E-state index in [1.807, 2.05) is 20.8 Å². The maximum absolute atomic E-state index is 12.3. The Morgan fingerprint density at radius 2 is 1.56 bits per heavy atom. The zero-order chi connectivity index (χ0) is 20.0. The van der Waals surface area contributed by atoms with Crippen molar-refractivity contribution in [2.45, 2.75) is 44.6 Å². The van der Waals surface area contributed by atoms with Crippen molar-refractivity contribution in [3.05, 3.63) is 65.2 Å². The van der Waals surface area contributed by atoms with Crippen LogP contribution >= 0.6 is 0 Å². The number of carbonyl (C=O) groups excluding carboxylic acids is 2. The van der Waals surface area contributed by atoms with Crippen molar-refractivity contribution in [1.29, 1.82) is 0 Å². The molecule has 6 heteroatoms. The molecular formula is C21H27NO4S. The quantitative estimate of drug-likeness (QED) is 0.696. The smallest absolute Gasteiger partial charge is 0.251 e. The average Bonchev–Trinajstić information content (AvgIpc) is 2.66. The maximum atomic E-state index is 12.3. The van der Waals surface area contributed by atoms with Gasteiger partial charge in [-0.25, -0.2) is 8.42 Å². The van der Waals surface area contributed by atoms with Crippen LogP contribution in [0.1, 0.15) is 54.4 Å². The van der Waals surface area contributed by atoms with E-state index in [1.54, 1.807) is 48.5 Å². The number of aryl methyl sites for hydroxylation is 1. The summed E-state index contributed by atoms with van der Waals surface area (Å²) in [4.78, 5) is 24.6. The highest BCUT2D eigenvalue weighted by molar-refractivity contribution is 7.91. The molecule has 0 aliphatic heterocycles. The van der Waals surface area contributed by atoms with Gasteiger partial charge in [-0.3, -0.25) is 9.59 Å². The monoisotopic (exact) mass is 389 g/mol. The van der Waals surface area contributed by atoms with Gasteiger partial charge in [0.15, 0.2) is 15.6 Å². The fourth-order valence-electron chi connectivity index (χ4n) is 2.45. The molecule has 1 atom stereocenters. The Morgan fingerprint density at radius 1 is 1.00 bits per heavy atom. The summed E-state index contributed by atoms with van der Waals surface area (Å²) in [5, 5.41) is 2.86. The average molecular weight is 390 g/mol. The molecule has 1 amide bonds. The molecular weight excluding hydrogens is 362 g/mol. The van der Waals surface area contributed by atoms with Gasteiger partial charge < -0.3 is 5.32 Å². The molecule has 1 unspecified atom stereocenters. The molecule has 0 aromatic heterocycles. The standard InChI is InChI=1S/C21H25NO4S.H2/c1-4-16(3)22-21(24)18-9-7-17(8-10-18)20(23)13-14-27(25,26)19-11-5-15(2)6-12-19;/h5-12,16H,4,13-14H2,1-3H3,(H,22,24);1H. The number of sulfone groups is 1. The first kappa shape index (κ1) is 20.8. The summed E-state index contributed by atoms with van der Waals surface area (Å²) in [5.41, 5.74) is 1.84. The normalized spacial score (nSPS) is 12.4. The SMILES string of the molecule is CCC(C)NC(=O)c1ccc(C(=O)CCS(=O)(=O)c2ccc(C)cc2)cc1.[HH]. The minimum atomic E-state index is -3.50. The number of hydrogen-bond donors (Lipinski definition) is 1. The molecule has 0 spiro atoms. The van der Waals surface area contributed by atoms with Gasteiger partial charge in [-0.15, -0.1) is 0 Å². The van der Waals surface area contributed by atoms with Crippen molar-refractivity contribution >= 4 is 21.5 Å². The third kappa shape index (κ3) is 5.76. The van der Waals surface area contributed by atoms with Crippen LogP contribution in [-0.2, 0) is 9.84 Å². The molecule has 2 aromatic carbocycles. The second-order valence-corrected chi connectivity index (χ2v) is 8.77. The van der Waals surface area contributed by atoms with Gasteiger partial charge in [-0.1, -0.05) is 36.8 Å². The summed E-state index contributed by atoms with van der Waals surface area (Å²) in [5.74, 6) is -0.699. The third-order valence-corrected chi connectivity index (χ3v) is 6.17. The Labute approximate surface area is 162 Å². The van der Waals surface area contributed by atoms with E-state index in [1.165, 1.54) is 0 Å². The topological polar surface area (TPSA) is 80.3 Å². The Morgan fingerprint density at radius 3 is 2.11 bits per heavy atom. The van der Waals surface area contributed by atoms with Crippen LogP contribution < -0.4 is 5.32 Å². The van der Waals surface area contributed by atoms with Gasteiger partial charge in [0, 0.05) is 25.0 Å². The Hall–Kier alpha value is -2.47. The number of hydrogen-bond acceptors (Lipinski definition) is 4. The van der Waals surface area contributed by atoms with Crippen LogP contribution in [0.2, 0.25) is 0 Å². The van der Waals surface area contributed by atoms with Gasteiger partial charge in [0.2, 0.25) is 0 Å². The number of carbonyl (C=O) groups is 2. The van der Waals surface area contributed by atoms with E-state index in [0.29, 0.717) is 11.1 Å². The van der Waals surface area contributed by atoms with E-state index >= 15 is 0 Å². The zero-order valence-corrected chi connectivity index (χ0v) is 16.7. The van der Waals surface area contributed by atoms with E-state index in [4.69, 9.17) is 0 Å². The first-order chi connectivity index (χ1) is 12.7. The minimum absolute atomic E-state index is 0. The zero-order valence-electron chi connectivity index (χ0n) is 15.9. The van der Waals surface area contributed by atoms with Gasteiger partial charge in [0.05, 0.1) is 10.6 Å². The van der Waals surface area contributed by atoms with Gasteiger partial charge in [-0.05, 0) is 44.5 Å². The lowest BCUT2D eigenvalue weighted by Crippen LogP contribution is -2.31. The molecule has 1 N–H and O–H groups in total. The first-order valence-electron chi connectivity index (χ1n) is 8.96. The highest BCUT2D eigenvalue weighted by atomic mass is 32.2. The number of Topliss-reactive ketones (excluding diaryl/α,β-unsaturated/α-hetero) is 1. The van der Waals surface area contributed by atoms with Gasteiger partial charge in [0.25, 0.3) is 5.91 Å². The molecule has 0 bridgehead atoms.